The van der Waals surface area contributed by atoms with Gasteiger partial charge in [-0.15, -0.1) is 0 Å². The van der Waals surface area contributed by atoms with Gasteiger partial charge in [-0.25, -0.2) is 9.97 Å². The van der Waals surface area contributed by atoms with Crippen molar-refractivity contribution in [1.82, 2.24) is 14.5 Å². The third-order valence-electron chi connectivity index (χ3n) is 2.51. The second kappa shape index (κ2) is 4.83. The minimum absolute atomic E-state index is 0.162. The van der Waals surface area contributed by atoms with Gasteiger partial charge in [-0.3, -0.25) is 4.79 Å². The van der Waals surface area contributed by atoms with Crippen molar-refractivity contribution in [3.8, 4) is 0 Å². The van der Waals surface area contributed by atoms with Crippen LogP contribution in [0.2, 0.25) is 0 Å². The fourth-order valence-corrected chi connectivity index (χ4v) is 2.07. The molecule has 1 N–H and O–H groups in total. The van der Waals surface area contributed by atoms with E-state index in [1.807, 2.05) is 17.6 Å². The van der Waals surface area contributed by atoms with Crippen molar-refractivity contribution >= 4 is 33.1 Å². The van der Waals surface area contributed by atoms with Crippen LogP contribution < -0.4 is 0 Å². The molecule has 0 aliphatic rings. The summed E-state index contributed by atoms with van der Waals surface area (Å²) in [7, 11) is 0. The molecule has 2 rings (SSSR count). The standard InChI is InChI=1S/C11H12BrN3O2/c1-7-14-9-5-8(12)6-13-11(9)15(7)4-2-3-10(16)17/h5-6H,2-4H2,1H3,(H,16,17). The van der Waals surface area contributed by atoms with Gasteiger partial charge in [-0.1, -0.05) is 0 Å². The number of halogens is 1. The minimum atomic E-state index is -0.775. The van der Waals surface area contributed by atoms with Crippen LogP contribution in [-0.4, -0.2) is 25.6 Å². The Morgan fingerprint density at radius 3 is 3.06 bits per heavy atom. The molecule has 0 saturated carbocycles. The van der Waals surface area contributed by atoms with Crippen LogP contribution in [0, 0.1) is 6.92 Å². The van der Waals surface area contributed by atoms with Gasteiger partial charge in [0.05, 0.1) is 0 Å². The quantitative estimate of drug-likeness (QED) is 0.941. The number of pyridine rings is 1. The molecule has 0 fully saturated rings. The number of aliphatic carboxylic acids is 1. The summed E-state index contributed by atoms with van der Waals surface area (Å²) in [4.78, 5) is 19.2. The maximum absolute atomic E-state index is 10.5. The van der Waals surface area contributed by atoms with Crippen molar-refractivity contribution < 1.29 is 9.90 Å². The van der Waals surface area contributed by atoms with E-state index in [2.05, 4.69) is 25.9 Å². The molecule has 0 spiro atoms. The molecule has 0 aromatic carbocycles. The van der Waals surface area contributed by atoms with Crippen molar-refractivity contribution in [2.75, 3.05) is 0 Å². The van der Waals surface area contributed by atoms with Gasteiger partial charge < -0.3 is 9.67 Å². The van der Waals surface area contributed by atoms with Crippen molar-refractivity contribution in [3.63, 3.8) is 0 Å². The Balaban J connectivity index is 2.27. The van der Waals surface area contributed by atoms with Gasteiger partial charge in [0, 0.05) is 23.6 Å². The van der Waals surface area contributed by atoms with Crippen LogP contribution in [0.15, 0.2) is 16.7 Å². The number of carbonyl (C=O) groups is 1. The molecule has 0 saturated heterocycles. The summed E-state index contributed by atoms with van der Waals surface area (Å²) in [5.41, 5.74) is 1.63. The summed E-state index contributed by atoms with van der Waals surface area (Å²) >= 11 is 3.35. The number of imidazole rings is 1. The molecule has 5 nitrogen and oxygen atoms in total. The highest BCUT2D eigenvalue weighted by Gasteiger charge is 2.09. The summed E-state index contributed by atoms with van der Waals surface area (Å²) in [6.45, 7) is 2.53. The fourth-order valence-electron chi connectivity index (χ4n) is 1.76. The average Bonchev–Trinajstić information content (AvgIpc) is 2.54. The third kappa shape index (κ3) is 2.63. The van der Waals surface area contributed by atoms with E-state index in [4.69, 9.17) is 5.11 Å². The van der Waals surface area contributed by atoms with Crippen molar-refractivity contribution in [2.24, 2.45) is 0 Å². The van der Waals surface area contributed by atoms with Gasteiger partial charge in [0.15, 0.2) is 5.65 Å². The van der Waals surface area contributed by atoms with Gasteiger partial charge in [0.25, 0.3) is 0 Å². The van der Waals surface area contributed by atoms with E-state index >= 15 is 0 Å². The predicted octanol–water partition coefficient (Wildman–Crippen LogP) is 2.37. The molecular formula is C11H12BrN3O2. The number of hydrogen-bond donors (Lipinski definition) is 1. The molecule has 6 heteroatoms. The second-order valence-corrected chi connectivity index (χ2v) is 4.72. The van der Waals surface area contributed by atoms with Gasteiger partial charge in [-0.2, -0.15) is 0 Å². The van der Waals surface area contributed by atoms with E-state index in [1.165, 1.54) is 0 Å². The van der Waals surface area contributed by atoms with Crippen LogP contribution in [0.25, 0.3) is 11.2 Å². The molecule has 0 unspecified atom stereocenters. The van der Waals surface area contributed by atoms with E-state index < -0.39 is 5.97 Å². The monoisotopic (exact) mass is 297 g/mol. The summed E-state index contributed by atoms with van der Waals surface area (Å²) in [5, 5.41) is 8.61. The third-order valence-corrected chi connectivity index (χ3v) is 2.95. The Labute approximate surface area is 107 Å². The Morgan fingerprint density at radius 1 is 1.59 bits per heavy atom. The maximum Gasteiger partial charge on any atom is 0.303 e. The SMILES string of the molecule is Cc1nc2cc(Br)cnc2n1CCCC(=O)O. The molecule has 0 atom stereocenters. The van der Waals surface area contributed by atoms with E-state index in [9.17, 15) is 4.79 Å². The highest BCUT2D eigenvalue weighted by molar-refractivity contribution is 9.10. The Kier molecular flexibility index (Phi) is 3.42. The molecule has 17 heavy (non-hydrogen) atoms. The van der Waals surface area contributed by atoms with Gasteiger partial charge >= 0.3 is 5.97 Å². The van der Waals surface area contributed by atoms with Crippen LogP contribution >= 0.6 is 15.9 Å². The molecule has 2 aromatic rings. The summed E-state index contributed by atoms with van der Waals surface area (Å²) in [6.07, 6.45) is 2.46. The number of aryl methyl sites for hydroxylation is 2. The smallest absolute Gasteiger partial charge is 0.303 e. The lowest BCUT2D eigenvalue weighted by Gasteiger charge is -2.04. The largest absolute Gasteiger partial charge is 0.481 e. The highest BCUT2D eigenvalue weighted by atomic mass is 79.9. The van der Waals surface area contributed by atoms with Crippen LogP contribution in [0.5, 0.6) is 0 Å². The van der Waals surface area contributed by atoms with Crippen LogP contribution in [-0.2, 0) is 11.3 Å². The zero-order valence-electron chi connectivity index (χ0n) is 9.35. The van der Waals surface area contributed by atoms with Crippen molar-refractivity contribution in [1.29, 1.82) is 0 Å². The lowest BCUT2D eigenvalue weighted by Crippen LogP contribution is -2.04. The Hall–Kier alpha value is -1.43. The van der Waals surface area contributed by atoms with E-state index in [-0.39, 0.29) is 6.42 Å². The molecule has 0 amide bonds. The number of aromatic nitrogens is 3. The van der Waals surface area contributed by atoms with Crippen molar-refractivity contribution in [3.05, 3.63) is 22.6 Å². The topological polar surface area (TPSA) is 68.0 Å². The van der Waals surface area contributed by atoms with Crippen LogP contribution in [0.1, 0.15) is 18.7 Å². The van der Waals surface area contributed by atoms with E-state index in [0.29, 0.717) is 13.0 Å². The van der Waals surface area contributed by atoms with Crippen LogP contribution in [0.4, 0.5) is 0 Å². The van der Waals surface area contributed by atoms with Crippen molar-refractivity contribution in [2.45, 2.75) is 26.3 Å². The first kappa shape index (κ1) is 12.0. The first-order valence-electron chi connectivity index (χ1n) is 5.28. The van der Waals surface area contributed by atoms with Gasteiger partial charge in [0.2, 0.25) is 0 Å². The van der Waals surface area contributed by atoms with Crippen LogP contribution in [0.3, 0.4) is 0 Å². The van der Waals surface area contributed by atoms with E-state index in [0.717, 1.165) is 21.5 Å². The maximum atomic E-state index is 10.5. The molecule has 90 valence electrons. The highest BCUT2D eigenvalue weighted by Crippen LogP contribution is 2.18. The Morgan fingerprint density at radius 2 is 2.35 bits per heavy atom. The molecule has 2 heterocycles. The fraction of sp³-hybridized carbons (Fsp3) is 0.364. The number of carboxylic acids is 1. The predicted molar refractivity (Wildman–Crippen MR) is 66.8 cm³/mol. The number of rotatable bonds is 4. The summed E-state index contributed by atoms with van der Waals surface area (Å²) in [5.74, 6) is 0.0822. The lowest BCUT2D eigenvalue weighted by molar-refractivity contribution is -0.137. The minimum Gasteiger partial charge on any atom is -0.481 e. The second-order valence-electron chi connectivity index (χ2n) is 3.80. The molecule has 0 aliphatic heterocycles. The molecule has 0 aliphatic carbocycles. The summed E-state index contributed by atoms with van der Waals surface area (Å²) in [6, 6.07) is 1.91. The molecule has 0 bridgehead atoms. The zero-order valence-corrected chi connectivity index (χ0v) is 10.9. The normalized spacial score (nSPS) is 10.9. The molecule has 2 aromatic heterocycles. The first-order chi connectivity index (χ1) is 8.08. The first-order valence-corrected chi connectivity index (χ1v) is 6.07. The number of hydrogen-bond acceptors (Lipinski definition) is 3. The zero-order chi connectivity index (χ0) is 12.4. The molecular weight excluding hydrogens is 286 g/mol. The van der Waals surface area contributed by atoms with E-state index in [1.54, 1.807) is 6.20 Å². The number of nitrogens with zero attached hydrogens (tertiary/aromatic N) is 3. The average molecular weight is 298 g/mol. The number of carboxylic acid groups (broad SMARTS) is 1. The molecule has 0 radical (unpaired) electrons. The van der Waals surface area contributed by atoms with Gasteiger partial charge in [-0.05, 0) is 35.3 Å². The summed E-state index contributed by atoms with van der Waals surface area (Å²) < 4.78 is 2.84. The lowest BCUT2D eigenvalue weighted by atomic mass is 10.3. The Bertz CT molecular complexity index is 565. The van der Waals surface area contributed by atoms with Gasteiger partial charge in [0.1, 0.15) is 11.3 Å². The number of fused-ring (bicyclic) bond motifs is 1.